The van der Waals surface area contributed by atoms with Crippen molar-refractivity contribution in [3.63, 3.8) is 0 Å². The summed E-state index contributed by atoms with van der Waals surface area (Å²) in [5, 5.41) is 0. The zero-order valence-corrected chi connectivity index (χ0v) is 22.7. The summed E-state index contributed by atoms with van der Waals surface area (Å²) in [6, 6.07) is 12.9. The molecule has 2 atom stereocenters. The minimum atomic E-state index is -2.08. The van der Waals surface area contributed by atoms with Gasteiger partial charge in [0.15, 0.2) is 6.10 Å². The van der Waals surface area contributed by atoms with E-state index in [0.29, 0.717) is 22.8 Å². The second kappa shape index (κ2) is 9.34. The van der Waals surface area contributed by atoms with E-state index in [1.807, 2.05) is 50.0 Å². The number of Topliss-reactive ketones (excluding diaryl/α,β-unsaturated/α-hetero) is 1. The highest BCUT2D eigenvalue weighted by molar-refractivity contribution is 6.71. The second-order valence-corrected chi connectivity index (χ2v) is 19.4. The smallest absolute Gasteiger partial charge is 0.309 e. The summed E-state index contributed by atoms with van der Waals surface area (Å²) < 4.78 is 24.6. The highest BCUT2D eigenvalue weighted by Crippen LogP contribution is 2.44. The Bertz CT molecular complexity index is 1020. The topological polar surface area (TPSA) is 71.1 Å². The molecule has 0 saturated heterocycles. The quantitative estimate of drug-likeness (QED) is 0.353. The summed E-state index contributed by atoms with van der Waals surface area (Å²) >= 11 is 0. The molecule has 1 aliphatic heterocycles. The Morgan fingerprint density at radius 3 is 2.09 bits per heavy atom. The number of benzene rings is 2. The lowest BCUT2D eigenvalue weighted by Crippen LogP contribution is -2.41. The van der Waals surface area contributed by atoms with Crippen LogP contribution in [0.1, 0.15) is 35.9 Å². The van der Waals surface area contributed by atoms with Crippen molar-refractivity contribution >= 4 is 28.4 Å². The maximum absolute atomic E-state index is 13.8. The molecule has 0 unspecified atom stereocenters. The van der Waals surface area contributed by atoms with Gasteiger partial charge in [0.05, 0.1) is 5.92 Å². The van der Waals surface area contributed by atoms with Gasteiger partial charge in [0.1, 0.15) is 22.8 Å². The molecule has 0 saturated carbocycles. The largest absolute Gasteiger partial charge is 0.544 e. The van der Waals surface area contributed by atoms with Crippen molar-refractivity contribution in [2.75, 3.05) is 0 Å². The van der Waals surface area contributed by atoms with Crippen molar-refractivity contribution in [3.05, 3.63) is 53.6 Å². The Morgan fingerprint density at radius 2 is 1.55 bits per heavy atom. The van der Waals surface area contributed by atoms with Gasteiger partial charge in [-0.25, -0.2) is 0 Å². The van der Waals surface area contributed by atoms with E-state index >= 15 is 0 Å². The van der Waals surface area contributed by atoms with E-state index in [9.17, 15) is 9.59 Å². The van der Waals surface area contributed by atoms with E-state index in [4.69, 9.17) is 18.3 Å². The first-order valence-corrected chi connectivity index (χ1v) is 18.1. The summed E-state index contributed by atoms with van der Waals surface area (Å²) in [6.45, 7) is 15.9. The second-order valence-electron chi connectivity index (χ2n) is 10.5. The standard InChI is InChI=1S/C25H34O6Si2/c1-16(2)25(27)29-24-22(26)21-19(28-23(24)17-12-10-9-11-13-17)14-18(30-32(3,4)5)15-20(21)31-33(6,7)8/h9-16,23-24H,1-8H3/t23-,24+/m1/s1. The third kappa shape index (κ3) is 6.26. The van der Waals surface area contributed by atoms with Crippen LogP contribution in [0.3, 0.4) is 0 Å². The molecule has 0 aliphatic carbocycles. The molecule has 6 nitrogen and oxygen atoms in total. The van der Waals surface area contributed by atoms with Crippen LogP contribution in [0.15, 0.2) is 42.5 Å². The third-order valence-electron chi connectivity index (χ3n) is 4.76. The molecule has 3 rings (SSSR count). The van der Waals surface area contributed by atoms with Crippen molar-refractivity contribution in [2.45, 2.75) is 65.3 Å². The molecule has 0 amide bonds. The summed E-state index contributed by atoms with van der Waals surface area (Å²) in [6.07, 6.45) is -1.88. The first-order chi connectivity index (χ1) is 15.2. The Hall–Kier alpha value is -2.59. The molecule has 0 aromatic heterocycles. The van der Waals surface area contributed by atoms with E-state index in [2.05, 4.69) is 19.6 Å². The molecule has 1 heterocycles. The van der Waals surface area contributed by atoms with E-state index < -0.39 is 34.8 Å². The average molecular weight is 487 g/mol. The Labute approximate surface area is 198 Å². The van der Waals surface area contributed by atoms with Gasteiger partial charge in [0, 0.05) is 12.1 Å². The first-order valence-electron chi connectivity index (χ1n) is 11.3. The molecule has 0 N–H and O–H groups in total. The molecule has 8 heteroatoms. The van der Waals surface area contributed by atoms with Crippen molar-refractivity contribution in [1.82, 2.24) is 0 Å². The van der Waals surface area contributed by atoms with Crippen LogP contribution in [-0.2, 0) is 9.53 Å². The number of hydrogen-bond acceptors (Lipinski definition) is 6. The average Bonchev–Trinajstić information content (AvgIpc) is 2.67. The lowest BCUT2D eigenvalue weighted by molar-refractivity contribution is -0.155. The fourth-order valence-corrected chi connectivity index (χ4v) is 5.11. The van der Waals surface area contributed by atoms with Crippen LogP contribution in [-0.4, -0.2) is 34.5 Å². The summed E-state index contributed by atoms with van der Waals surface area (Å²) in [5.41, 5.74) is 1.05. The molecule has 0 fully saturated rings. The number of carbonyl (C=O) groups excluding carboxylic acids is 2. The van der Waals surface area contributed by atoms with Gasteiger partial charge in [-0.2, -0.15) is 0 Å². The molecule has 0 spiro atoms. The van der Waals surface area contributed by atoms with Crippen LogP contribution >= 0.6 is 0 Å². The fourth-order valence-electron chi connectivity index (χ4n) is 3.46. The predicted molar refractivity (Wildman–Crippen MR) is 133 cm³/mol. The zero-order valence-electron chi connectivity index (χ0n) is 20.7. The minimum absolute atomic E-state index is 0.300. The van der Waals surface area contributed by atoms with Gasteiger partial charge < -0.3 is 18.3 Å². The SMILES string of the molecule is CC(C)C(=O)O[C@H]1C(=O)c2c(cc(O[Si](C)(C)C)cc2O[Si](C)(C)C)O[C@@H]1c1ccccc1. The Morgan fingerprint density at radius 1 is 0.939 bits per heavy atom. The Kier molecular flexibility index (Phi) is 7.09. The van der Waals surface area contributed by atoms with Crippen LogP contribution in [0.2, 0.25) is 39.3 Å². The lowest BCUT2D eigenvalue weighted by atomic mass is 9.92. The summed E-state index contributed by atoms with van der Waals surface area (Å²) in [4.78, 5) is 26.3. The number of ether oxygens (including phenoxy) is 2. The predicted octanol–water partition coefficient (Wildman–Crippen LogP) is 6.00. The minimum Gasteiger partial charge on any atom is -0.544 e. The van der Waals surface area contributed by atoms with Crippen molar-refractivity contribution in [1.29, 1.82) is 0 Å². The number of fused-ring (bicyclic) bond motifs is 1. The fraction of sp³-hybridized carbons (Fsp3) is 0.440. The number of ketones is 1. The first kappa shape index (κ1) is 25.0. The van der Waals surface area contributed by atoms with Gasteiger partial charge in [-0.3, -0.25) is 9.59 Å². The van der Waals surface area contributed by atoms with Crippen molar-refractivity contribution < 1.29 is 27.9 Å². The molecule has 2 aromatic carbocycles. The van der Waals surface area contributed by atoms with Crippen LogP contribution < -0.4 is 13.6 Å². The van der Waals surface area contributed by atoms with E-state index in [1.54, 1.807) is 26.0 Å². The molecule has 178 valence electrons. The van der Waals surface area contributed by atoms with E-state index in [0.717, 1.165) is 5.56 Å². The lowest BCUT2D eigenvalue weighted by Gasteiger charge is -2.35. The van der Waals surface area contributed by atoms with Gasteiger partial charge in [-0.1, -0.05) is 44.2 Å². The number of carbonyl (C=O) groups is 2. The van der Waals surface area contributed by atoms with Crippen LogP contribution in [0, 0.1) is 5.92 Å². The summed E-state index contributed by atoms with van der Waals surface area (Å²) in [5.74, 6) is 0.260. The third-order valence-corrected chi connectivity index (χ3v) is 6.44. The highest BCUT2D eigenvalue weighted by Gasteiger charge is 2.44. The molecular formula is C25H34O6Si2. The van der Waals surface area contributed by atoms with Gasteiger partial charge in [0.2, 0.25) is 28.5 Å². The zero-order chi connectivity index (χ0) is 24.6. The normalized spacial score (nSPS) is 18.4. The maximum Gasteiger partial charge on any atom is 0.309 e. The molecule has 0 bridgehead atoms. The molecule has 0 radical (unpaired) electrons. The van der Waals surface area contributed by atoms with Gasteiger partial charge in [-0.15, -0.1) is 0 Å². The monoisotopic (exact) mass is 486 g/mol. The number of hydrogen-bond donors (Lipinski definition) is 0. The van der Waals surface area contributed by atoms with E-state index in [-0.39, 0.29) is 11.7 Å². The van der Waals surface area contributed by atoms with Gasteiger partial charge in [-0.05, 0) is 44.8 Å². The maximum atomic E-state index is 13.8. The van der Waals surface area contributed by atoms with Gasteiger partial charge in [0.25, 0.3) is 0 Å². The highest BCUT2D eigenvalue weighted by atomic mass is 28.4. The van der Waals surface area contributed by atoms with Crippen molar-refractivity contribution in [2.24, 2.45) is 5.92 Å². The van der Waals surface area contributed by atoms with Crippen LogP contribution in [0.25, 0.3) is 0 Å². The molecule has 1 aliphatic rings. The van der Waals surface area contributed by atoms with E-state index in [1.165, 1.54) is 0 Å². The number of esters is 1. The van der Waals surface area contributed by atoms with Gasteiger partial charge >= 0.3 is 5.97 Å². The summed E-state index contributed by atoms with van der Waals surface area (Å²) in [7, 11) is -4.01. The molecule has 33 heavy (non-hydrogen) atoms. The molecule has 2 aromatic rings. The molecular weight excluding hydrogens is 452 g/mol. The van der Waals surface area contributed by atoms with Crippen LogP contribution in [0.4, 0.5) is 0 Å². The Balaban J connectivity index is 2.16. The number of rotatable bonds is 7. The van der Waals surface area contributed by atoms with Crippen LogP contribution in [0.5, 0.6) is 17.2 Å². The van der Waals surface area contributed by atoms with Crippen molar-refractivity contribution in [3.8, 4) is 17.2 Å².